The van der Waals surface area contributed by atoms with E-state index < -0.39 is 11.1 Å². The highest BCUT2D eigenvalue weighted by molar-refractivity contribution is 5.90. The summed E-state index contributed by atoms with van der Waals surface area (Å²) in [5, 5.41) is 3.39. The van der Waals surface area contributed by atoms with Gasteiger partial charge >= 0.3 is 11.1 Å². The van der Waals surface area contributed by atoms with Gasteiger partial charge < -0.3 is 14.9 Å². The number of nitrogens with zero attached hydrogens (tertiary/aromatic N) is 1. The van der Waals surface area contributed by atoms with Crippen LogP contribution in [0.5, 0.6) is 0 Å². The molecule has 0 radical (unpaired) electrons. The molecular weight excluding hydrogens is 254 g/mol. The Kier molecular flexibility index (Phi) is 3.34. The van der Waals surface area contributed by atoms with E-state index in [1.54, 1.807) is 4.57 Å². The first-order valence-electron chi connectivity index (χ1n) is 7.25. The number of aromatic nitrogens is 2. The number of anilines is 1. The van der Waals surface area contributed by atoms with E-state index in [-0.39, 0.29) is 0 Å². The van der Waals surface area contributed by atoms with Crippen LogP contribution >= 0.6 is 0 Å². The summed E-state index contributed by atoms with van der Waals surface area (Å²) in [7, 11) is 0. The number of aromatic amines is 1. The second-order valence-corrected chi connectivity index (χ2v) is 5.29. The average Bonchev–Trinajstić information content (AvgIpc) is 2.47. The third kappa shape index (κ3) is 2.03. The van der Waals surface area contributed by atoms with Crippen LogP contribution < -0.4 is 16.4 Å². The minimum Gasteiger partial charge on any atom is -0.383 e. The number of nitrogens with one attached hydrogen (secondary N) is 2. The average molecular weight is 273 g/mol. The van der Waals surface area contributed by atoms with Gasteiger partial charge in [0.25, 0.3) is 0 Å². The zero-order valence-electron chi connectivity index (χ0n) is 11.7. The van der Waals surface area contributed by atoms with E-state index in [1.807, 2.05) is 12.1 Å². The van der Waals surface area contributed by atoms with Crippen LogP contribution in [0.25, 0.3) is 11.0 Å². The fourth-order valence-electron chi connectivity index (χ4n) is 2.84. The Balaban J connectivity index is 2.34. The molecule has 0 fully saturated rings. The number of unbranched alkanes of at least 4 members (excludes halogenated alkanes) is 1. The van der Waals surface area contributed by atoms with Gasteiger partial charge in [0.15, 0.2) is 0 Å². The van der Waals surface area contributed by atoms with Gasteiger partial charge in [-0.05, 0) is 30.9 Å². The van der Waals surface area contributed by atoms with Crippen LogP contribution in [0.1, 0.15) is 31.7 Å². The molecule has 0 atom stereocenters. The van der Waals surface area contributed by atoms with Gasteiger partial charge in [-0.25, -0.2) is 0 Å². The molecule has 0 unspecified atom stereocenters. The topological polar surface area (TPSA) is 66.9 Å². The SMILES string of the molecule is CCCCn1c(=O)c(=O)[nH]c2ccc3c(c21)NCCC3. The van der Waals surface area contributed by atoms with Crippen molar-refractivity contribution in [3.63, 3.8) is 0 Å². The molecule has 2 N–H and O–H groups in total. The molecule has 0 saturated heterocycles. The molecule has 1 aliphatic rings. The van der Waals surface area contributed by atoms with Crippen molar-refractivity contribution in [2.45, 2.75) is 39.2 Å². The van der Waals surface area contributed by atoms with Gasteiger partial charge in [-0.1, -0.05) is 19.4 Å². The molecule has 5 heteroatoms. The van der Waals surface area contributed by atoms with Crippen LogP contribution in [0.4, 0.5) is 5.69 Å². The van der Waals surface area contributed by atoms with Crippen molar-refractivity contribution in [1.82, 2.24) is 9.55 Å². The van der Waals surface area contributed by atoms with Crippen molar-refractivity contribution in [3.05, 3.63) is 38.4 Å². The van der Waals surface area contributed by atoms with E-state index in [4.69, 9.17) is 0 Å². The smallest absolute Gasteiger partial charge is 0.316 e. The van der Waals surface area contributed by atoms with Crippen molar-refractivity contribution in [1.29, 1.82) is 0 Å². The number of fused-ring (bicyclic) bond motifs is 3. The third-order valence-corrected chi connectivity index (χ3v) is 3.88. The highest BCUT2D eigenvalue weighted by Gasteiger charge is 2.16. The van der Waals surface area contributed by atoms with Gasteiger partial charge in [-0.15, -0.1) is 0 Å². The lowest BCUT2D eigenvalue weighted by Crippen LogP contribution is -2.37. The molecule has 2 aromatic rings. The van der Waals surface area contributed by atoms with Crippen molar-refractivity contribution < 1.29 is 0 Å². The van der Waals surface area contributed by atoms with Crippen LogP contribution in [-0.2, 0) is 13.0 Å². The van der Waals surface area contributed by atoms with Crippen LogP contribution in [0.2, 0.25) is 0 Å². The Labute approximate surface area is 116 Å². The van der Waals surface area contributed by atoms with E-state index in [2.05, 4.69) is 17.2 Å². The third-order valence-electron chi connectivity index (χ3n) is 3.88. The number of hydrogen-bond donors (Lipinski definition) is 2. The molecule has 0 spiro atoms. The fraction of sp³-hybridized carbons (Fsp3) is 0.467. The Morgan fingerprint density at radius 2 is 2.15 bits per heavy atom. The summed E-state index contributed by atoms with van der Waals surface area (Å²) in [5.41, 5.74) is 2.83. The highest BCUT2D eigenvalue weighted by atomic mass is 16.2. The molecule has 20 heavy (non-hydrogen) atoms. The molecule has 0 aliphatic carbocycles. The lowest BCUT2D eigenvalue weighted by molar-refractivity contribution is 0.625. The molecule has 1 aromatic carbocycles. The zero-order valence-corrected chi connectivity index (χ0v) is 11.7. The van der Waals surface area contributed by atoms with Gasteiger partial charge in [-0.3, -0.25) is 9.59 Å². The number of aryl methyl sites for hydroxylation is 2. The summed E-state index contributed by atoms with van der Waals surface area (Å²) in [6.07, 6.45) is 3.99. The summed E-state index contributed by atoms with van der Waals surface area (Å²) in [4.78, 5) is 26.6. The standard InChI is InChI=1S/C15H19N3O2/c1-2-3-9-18-13-11(17-14(19)15(18)20)7-6-10-5-4-8-16-12(10)13/h6-7,16H,2-5,8-9H2,1H3,(H,17,19). The van der Waals surface area contributed by atoms with Gasteiger partial charge in [0, 0.05) is 13.1 Å². The summed E-state index contributed by atoms with van der Waals surface area (Å²) < 4.78 is 1.63. The molecule has 0 amide bonds. The summed E-state index contributed by atoms with van der Waals surface area (Å²) in [6.45, 7) is 3.58. The van der Waals surface area contributed by atoms with Crippen LogP contribution in [0.3, 0.4) is 0 Å². The maximum atomic E-state index is 12.2. The fourth-order valence-corrected chi connectivity index (χ4v) is 2.84. The number of rotatable bonds is 3. The lowest BCUT2D eigenvalue weighted by Gasteiger charge is -2.21. The van der Waals surface area contributed by atoms with Crippen molar-refractivity contribution in [3.8, 4) is 0 Å². The molecular formula is C15H19N3O2. The van der Waals surface area contributed by atoms with E-state index >= 15 is 0 Å². The second kappa shape index (κ2) is 5.15. The predicted molar refractivity (Wildman–Crippen MR) is 80.5 cm³/mol. The van der Waals surface area contributed by atoms with Gasteiger partial charge in [0.05, 0.1) is 16.7 Å². The maximum Gasteiger partial charge on any atom is 0.316 e. The first-order chi connectivity index (χ1) is 9.72. The second-order valence-electron chi connectivity index (χ2n) is 5.29. The monoisotopic (exact) mass is 273 g/mol. The minimum absolute atomic E-state index is 0.452. The number of hydrogen-bond acceptors (Lipinski definition) is 3. The first kappa shape index (κ1) is 13.0. The van der Waals surface area contributed by atoms with Gasteiger partial charge in [-0.2, -0.15) is 0 Å². The lowest BCUT2D eigenvalue weighted by atomic mass is 10.0. The largest absolute Gasteiger partial charge is 0.383 e. The summed E-state index contributed by atoms with van der Waals surface area (Å²) in [5.74, 6) is 0. The normalized spacial score (nSPS) is 14.1. The molecule has 0 bridgehead atoms. The Morgan fingerprint density at radius 1 is 1.30 bits per heavy atom. The number of H-pyrrole nitrogens is 1. The minimum atomic E-state index is -0.538. The summed E-state index contributed by atoms with van der Waals surface area (Å²) >= 11 is 0. The Hall–Kier alpha value is -2.04. The highest BCUT2D eigenvalue weighted by Crippen LogP contribution is 2.29. The Morgan fingerprint density at radius 3 is 2.95 bits per heavy atom. The molecule has 1 aromatic heterocycles. The van der Waals surface area contributed by atoms with E-state index in [1.165, 1.54) is 5.56 Å². The molecule has 0 saturated carbocycles. The van der Waals surface area contributed by atoms with Gasteiger partial charge in [0.1, 0.15) is 0 Å². The van der Waals surface area contributed by atoms with Crippen molar-refractivity contribution in [2.24, 2.45) is 0 Å². The molecule has 5 nitrogen and oxygen atoms in total. The van der Waals surface area contributed by atoms with E-state index in [0.717, 1.165) is 48.9 Å². The van der Waals surface area contributed by atoms with Crippen molar-refractivity contribution in [2.75, 3.05) is 11.9 Å². The van der Waals surface area contributed by atoms with Crippen molar-refractivity contribution >= 4 is 16.7 Å². The quantitative estimate of drug-likeness (QED) is 0.839. The van der Waals surface area contributed by atoms with E-state index in [9.17, 15) is 9.59 Å². The molecule has 3 rings (SSSR count). The summed E-state index contributed by atoms with van der Waals surface area (Å²) in [6, 6.07) is 3.94. The molecule has 106 valence electrons. The maximum absolute atomic E-state index is 12.2. The van der Waals surface area contributed by atoms with E-state index in [0.29, 0.717) is 6.54 Å². The van der Waals surface area contributed by atoms with Crippen LogP contribution in [-0.4, -0.2) is 16.1 Å². The predicted octanol–water partition coefficient (Wildman–Crippen LogP) is 1.85. The molecule has 1 aliphatic heterocycles. The van der Waals surface area contributed by atoms with Crippen LogP contribution in [0.15, 0.2) is 21.7 Å². The molecule has 2 heterocycles. The zero-order chi connectivity index (χ0) is 14.1. The van der Waals surface area contributed by atoms with Gasteiger partial charge in [0.2, 0.25) is 0 Å². The first-order valence-corrected chi connectivity index (χ1v) is 7.25. The Bertz CT molecular complexity index is 758. The van der Waals surface area contributed by atoms with Crippen LogP contribution in [0, 0.1) is 0 Å². The number of benzene rings is 1.